The lowest BCUT2D eigenvalue weighted by Crippen LogP contribution is -2.07. The second-order valence-corrected chi connectivity index (χ2v) is 5.66. The zero-order chi connectivity index (χ0) is 19.8. The van der Waals surface area contributed by atoms with E-state index in [0.717, 1.165) is 12.3 Å². The lowest BCUT2D eigenvalue weighted by atomic mass is 10.1. The minimum Gasteiger partial charge on any atom is -0.469 e. The molecule has 0 N–H and O–H groups in total. The number of aromatic nitrogens is 2. The zero-order valence-electron chi connectivity index (χ0n) is 13.9. The Kier molecular flexibility index (Phi) is 4.56. The molecule has 0 fully saturated rings. The van der Waals surface area contributed by atoms with E-state index in [0.29, 0.717) is 17.3 Å². The fraction of sp³-hybridized carbons (Fsp3) is 0.176. The maximum absolute atomic E-state index is 13.3. The highest BCUT2D eigenvalue weighted by atomic mass is 19.4. The molecular weight excluding hydrogens is 367 g/mol. The number of rotatable bonds is 4. The monoisotopic (exact) mass is 379 g/mol. The van der Waals surface area contributed by atoms with Crippen LogP contribution in [0.1, 0.15) is 11.1 Å². The number of carbonyl (C=O) groups is 1. The molecule has 0 saturated heterocycles. The molecule has 0 amide bonds. The van der Waals surface area contributed by atoms with Gasteiger partial charge in [-0.1, -0.05) is 12.1 Å². The van der Waals surface area contributed by atoms with Crippen LogP contribution in [-0.4, -0.2) is 27.8 Å². The number of nitro groups is 1. The van der Waals surface area contributed by atoms with Gasteiger partial charge in [0.05, 0.1) is 41.4 Å². The minimum atomic E-state index is -4.76. The molecule has 0 atom stereocenters. The number of non-ortho nitro benzene ring substituents is 1. The van der Waals surface area contributed by atoms with Crippen molar-refractivity contribution in [3.8, 4) is 5.69 Å². The van der Waals surface area contributed by atoms with Gasteiger partial charge in [0.2, 0.25) is 0 Å². The molecule has 0 aliphatic carbocycles. The molecule has 7 nitrogen and oxygen atoms in total. The molecule has 0 aliphatic rings. The standard InChI is InChI=1S/C17H12F3N3O4/c1-27-16(24)6-10-2-4-11(5-3-10)22-15-8-12(23(25)26)7-14(17(18,19)20)13(15)9-21-22/h2-5,7-9H,6H2,1H3. The molecule has 0 aliphatic heterocycles. The van der Waals surface area contributed by atoms with Crippen molar-refractivity contribution in [3.05, 3.63) is 63.8 Å². The van der Waals surface area contributed by atoms with Crippen LogP contribution in [0.25, 0.3) is 16.6 Å². The van der Waals surface area contributed by atoms with Crippen molar-refractivity contribution in [3.63, 3.8) is 0 Å². The van der Waals surface area contributed by atoms with E-state index in [4.69, 9.17) is 0 Å². The van der Waals surface area contributed by atoms with Gasteiger partial charge in [-0.05, 0) is 17.7 Å². The Morgan fingerprint density at radius 2 is 1.93 bits per heavy atom. The molecule has 0 saturated carbocycles. The van der Waals surface area contributed by atoms with Crippen LogP contribution < -0.4 is 0 Å². The van der Waals surface area contributed by atoms with Crippen LogP contribution in [0.2, 0.25) is 0 Å². The Morgan fingerprint density at radius 3 is 2.48 bits per heavy atom. The Bertz CT molecular complexity index is 1030. The van der Waals surface area contributed by atoms with Crippen molar-refractivity contribution in [2.45, 2.75) is 12.6 Å². The van der Waals surface area contributed by atoms with Crippen LogP contribution in [0.3, 0.4) is 0 Å². The van der Waals surface area contributed by atoms with Gasteiger partial charge in [-0.15, -0.1) is 0 Å². The first-order chi connectivity index (χ1) is 12.7. The number of ether oxygens (including phenoxy) is 1. The molecule has 2 aromatic carbocycles. The topological polar surface area (TPSA) is 87.3 Å². The number of alkyl halides is 3. The third-order valence-corrected chi connectivity index (χ3v) is 3.95. The quantitative estimate of drug-likeness (QED) is 0.392. The van der Waals surface area contributed by atoms with Gasteiger partial charge < -0.3 is 4.74 Å². The number of esters is 1. The van der Waals surface area contributed by atoms with Crippen LogP contribution in [0.5, 0.6) is 0 Å². The van der Waals surface area contributed by atoms with Gasteiger partial charge in [0.15, 0.2) is 0 Å². The number of methoxy groups -OCH3 is 1. The van der Waals surface area contributed by atoms with Gasteiger partial charge in [0.1, 0.15) is 0 Å². The van der Waals surface area contributed by atoms with Gasteiger partial charge in [0.25, 0.3) is 5.69 Å². The summed E-state index contributed by atoms with van der Waals surface area (Å²) < 4.78 is 45.6. The van der Waals surface area contributed by atoms with Crippen LogP contribution in [0.15, 0.2) is 42.6 Å². The summed E-state index contributed by atoms with van der Waals surface area (Å²) in [5.74, 6) is -0.433. The van der Waals surface area contributed by atoms with Crippen LogP contribution in [0, 0.1) is 10.1 Å². The van der Waals surface area contributed by atoms with Gasteiger partial charge in [-0.3, -0.25) is 14.9 Å². The summed E-state index contributed by atoms with van der Waals surface area (Å²) in [6.45, 7) is 0. The van der Waals surface area contributed by atoms with Crippen molar-refractivity contribution in [1.82, 2.24) is 9.78 Å². The number of fused-ring (bicyclic) bond motifs is 1. The summed E-state index contributed by atoms with van der Waals surface area (Å²) in [5.41, 5.74) is -0.812. The molecule has 0 unspecified atom stereocenters. The number of carbonyl (C=O) groups excluding carboxylic acids is 1. The Hall–Kier alpha value is -3.43. The first-order valence-corrected chi connectivity index (χ1v) is 7.60. The van der Waals surface area contributed by atoms with Gasteiger partial charge in [-0.2, -0.15) is 18.3 Å². The molecule has 10 heteroatoms. The number of hydrogen-bond donors (Lipinski definition) is 0. The highest BCUT2D eigenvalue weighted by Gasteiger charge is 2.35. The average Bonchev–Trinajstić information content (AvgIpc) is 3.04. The maximum atomic E-state index is 13.3. The van der Waals surface area contributed by atoms with Crippen molar-refractivity contribution >= 4 is 22.6 Å². The molecular formula is C17H12F3N3O4. The van der Waals surface area contributed by atoms with Crippen molar-refractivity contribution in [2.75, 3.05) is 7.11 Å². The molecule has 1 heterocycles. The lowest BCUT2D eigenvalue weighted by Gasteiger charge is -2.09. The van der Waals surface area contributed by atoms with Crippen molar-refractivity contribution in [2.24, 2.45) is 0 Å². The Labute approximate surface area is 150 Å². The van der Waals surface area contributed by atoms with E-state index in [1.54, 1.807) is 24.3 Å². The Morgan fingerprint density at radius 1 is 1.26 bits per heavy atom. The number of benzene rings is 2. The Balaban J connectivity index is 2.11. The maximum Gasteiger partial charge on any atom is 0.417 e. The molecule has 0 spiro atoms. The average molecular weight is 379 g/mol. The van der Waals surface area contributed by atoms with E-state index in [9.17, 15) is 28.1 Å². The summed E-state index contributed by atoms with van der Waals surface area (Å²) in [5, 5.41) is 14.7. The highest BCUT2D eigenvalue weighted by molar-refractivity contribution is 5.86. The summed E-state index contributed by atoms with van der Waals surface area (Å²) in [4.78, 5) is 21.4. The molecule has 3 rings (SSSR count). The largest absolute Gasteiger partial charge is 0.469 e. The highest BCUT2D eigenvalue weighted by Crippen LogP contribution is 2.38. The zero-order valence-corrected chi connectivity index (χ0v) is 13.9. The predicted molar refractivity (Wildman–Crippen MR) is 88.4 cm³/mol. The van der Waals surface area contributed by atoms with Gasteiger partial charge in [-0.25, -0.2) is 4.68 Å². The number of nitro benzene ring substituents is 1. The van der Waals surface area contributed by atoms with E-state index in [1.165, 1.54) is 11.8 Å². The SMILES string of the molecule is COC(=O)Cc1ccc(-n2ncc3c(C(F)(F)F)cc([N+](=O)[O-])cc32)cc1. The molecule has 27 heavy (non-hydrogen) atoms. The number of halogens is 3. The van der Waals surface area contributed by atoms with E-state index in [-0.39, 0.29) is 17.3 Å². The first-order valence-electron chi connectivity index (χ1n) is 7.60. The molecule has 3 aromatic rings. The molecule has 1 aromatic heterocycles. The number of nitrogens with zero attached hydrogens (tertiary/aromatic N) is 3. The third-order valence-electron chi connectivity index (χ3n) is 3.95. The molecule has 0 radical (unpaired) electrons. The van der Waals surface area contributed by atoms with E-state index < -0.39 is 28.3 Å². The van der Waals surface area contributed by atoms with Gasteiger partial charge in [0, 0.05) is 17.5 Å². The smallest absolute Gasteiger partial charge is 0.417 e. The van der Waals surface area contributed by atoms with Crippen LogP contribution >= 0.6 is 0 Å². The predicted octanol–water partition coefficient (Wildman–Crippen LogP) is 3.67. The summed E-state index contributed by atoms with van der Waals surface area (Å²) in [6, 6.07) is 7.84. The fourth-order valence-corrected chi connectivity index (χ4v) is 2.65. The summed E-state index contributed by atoms with van der Waals surface area (Å²) >= 11 is 0. The van der Waals surface area contributed by atoms with Crippen LogP contribution in [-0.2, 0) is 22.1 Å². The fourth-order valence-electron chi connectivity index (χ4n) is 2.65. The van der Waals surface area contributed by atoms with Crippen molar-refractivity contribution < 1.29 is 27.6 Å². The summed E-state index contributed by atoms with van der Waals surface area (Å²) in [7, 11) is 1.26. The van der Waals surface area contributed by atoms with E-state index in [2.05, 4.69) is 9.84 Å². The summed E-state index contributed by atoms with van der Waals surface area (Å²) in [6.07, 6.45) is -3.70. The third kappa shape index (κ3) is 3.59. The second-order valence-electron chi connectivity index (χ2n) is 5.66. The van der Waals surface area contributed by atoms with Crippen LogP contribution in [0.4, 0.5) is 18.9 Å². The minimum absolute atomic E-state index is 0.0420. The lowest BCUT2D eigenvalue weighted by molar-refractivity contribution is -0.385. The van der Waals surface area contributed by atoms with E-state index >= 15 is 0 Å². The van der Waals surface area contributed by atoms with Gasteiger partial charge >= 0.3 is 12.1 Å². The molecule has 0 bridgehead atoms. The normalized spacial score (nSPS) is 11.6. The number of hydrogen-bond acceptors (Lipinski definition) is 5. The van der Waals surface area contributed by atoms with Crippen molar-refractivity contribution in [1.29, 1.82) is 0 Å². The second kappa shape index (κ2) is 6.71. The molecule has 140 valence electrons. The van der Waals surface area contributed by atoms with E-state index in [1.807, 2.05) is 0 Å². The first kappa shape index (κ1) is 18.4.